The van der Waals surface area contributed by atoms with E-state index in [4.69, 9.17) is 4.74 Å². The molecule has 0 spiro atoms. The van der Waals surface area contributed by atoms with Gasteiger partial charge in [0, 0.05) is 6.04 Å². The Morgan fingerprint density at radius 3 is 3.00 bits per heavy atom. The molecule has 2 heterocycles. The van der Waals surface area contributed by atoms with Gasteiger partial charge in [0.1, 0.15) is 18.3 Å². The van der Waals surface area contributed by atoms with E-state index in [1.165, 1.54) is 6.33 Å². The Bertz CT molecular complexity index is 824. The van der Waals surface area contributed by atoms with Crippen LogP contribution in [0.1, 0.15) is 31.0 Å². The minimum absolute atomic E-state index is 0.0705. The molecule has 2 N–H and O–H groups in total. The van der Waals surface area contributed by atoms with Gasteiger partial charge < -0.3 is 10.1 Å². The van der Waals surface area contributed by atoms with Crippen molar-refractivity contribution in [2.24, 2.45) is 0 Å². The maximum absolute atomic E-state index is 14.2. The average Bonchev–Trinajstić information content (AvgIpc) is 3.30. The Morgan fingerprint density at radius 1 is 1.24 bits per heavy atom. The number of fused-ring (bicyclic) bond motifs is 1. The summed E-state index contributed by atoms with van der Waals surface area (Å²) in [4.78, 5) is 8.43. The van der Waals surface area contributed by atoms with Crippen LogP contribution in [0.15, 0.2) is 42.9 Å². The number of nitrogens with zero attached hydrogens (tertiary/aromatic N) is 3. The predicted octanol–water partition coefficient (Wildman–Crippen LogP) is 3.41. The first-order valence-corrected chi connectivity index (χ1v) is 8.51. The molecule has 1 saturated carbocycles. The number of nitrogens with one attached hydrogen (secondary N) is 2. The Kier molecular flexibility index (Phi) is 4.56. The van der Waals surface area contributed by atoms with Gasteiger partial charge in [0.25, 0.3) is 0 Å². The van der Waals surface area contributed by atoms with E-state index in [0.717, 1.165) is 30.5 Å². The minimum atomic E-state index is -1.08. The molecule has 4 rings (SSSR count). The quantitative estimate of drug-likeness (QED) is 0.718. The lowest BCUT2D eigenvalue weighted by atomic mass is 10.1. The normalized spacial score (nSPS) is 21.5. The number of hydrogen-bond donors (Lipinski definition) is 2. The summed E-state index contributed by atoms with van der Waals surface area (Å²) in [6, 6.07) is 9.41. The van der Waals surface area contributed by atoms with Gasteiger partial charge in [-0.05, 0) is 24.8 Å². The fourth-order valence-electron chi connectivity index (χ4n) is 3.27. The Morgan fingerprint density at radius 2 is 2.12 bits per heavy atom. The van der Waals surface area contributed by atoms with Gasteiger partial charge in [-0.1, -0.05) is 30.3 Å². The molecule has 0 bridgehead atoms. The van der Waals surface area contributed by atoms with Gasteiger partial charge in [-0.15, -0.1) is 0 Å². The summed E-state index contributed by atoms with van der Waals surface area (Å²) in [5.41, 5.74) is 1.38. The van der Waals surface area contributed by atoms with E-state index in [1.54, 1.807) is 18.3 Å². The molecule has 130 valence electrons. The molecule has 2 aromatic heterocycles. The second-order valence-electron chi connectivity index (χ2n) is 6.34. The van der Waals surface area contributed by atoms with E-state index in [-0.39, 0.29) is 18.8 Å². The van der Waals surface area contributed by atoms with Crippen molar-refractivity contribution in [1.29, 1.82) is 0 Å². The highest BCUT2D eigenvalue weighted by Crippen LogP contribution is 2.28. The molecule has 1 aliphatic carbocycles. The van der Waals surface area contributed by atoms with Gasteiger partial charge >= 0.3 is 0 Å². The predicted molar refractivity (Wildman–Crippen MR) is 93.0 cm³/mol. The van der Waals surface area contributed by atoms with Crippen LogP contribution in [0.4, 0.5) is 10.2 Å². The smallest absolute Gasteiger partial charge is 0.160 e. The molecule has 3 aromatic rings. The Balaban J connectivity index is 1.30. The average molecular weight is 341 g/mol. The van der Waals surface area contributed by atoms with Crippen molar-refractivity contribution >= 4 is 16.9 Å². The summed E-state index contributed by atoms with van der Waals surface area (Å²) in [6.07, 6.45) is 4.94. The number of rotatable bonds is 6. The van der Waals surface area contributed by atoms with Gasteiger partial charge in [-0.3, -0.25) is 5.10 Å². The van der Waals surface area contributed by atoms with Gasteiger partial charge in [-0.25, -0.2) is 14.4 Å². The molecular weight excluding hydrogens is 321 g/mol. The molecule has 0 saturated heterocycles. The van der Waals surface area contributed by atoms with Crippen molar-refractivity contribution in [2.45, 2.75) is 37.6 Å². The number of ether oxygens (including phenoxy) is 1. The second kappa shape index (κ2) is 7.14. The molecule has 0 radical (unpaired) electrons. The zero-order valence-electron chi connectivity index (χ0n) is 13.7. The molecule has 7 heteroatoms. The van der Waals surface area contributed by atoms with Crippen molar-refractivity contribution in [1.82, 2.24) is 20.2 Å². The van der Waals surface area contributed by atoms with Crippen LogP contribution in [0.2, 0.25) is 0 Å². The minimum Gasteiger partial charge on any atom is -0.375 e. The van der Waals surface area contributed by atoms with Crippen LogP contribution in [0.25, 0.3) is 11.0 Å². The van der Waals surface area contributed by atoms with E-state index in [9.17, 15) is 4.39 Å². The first kappa shape index (κ1) is 16.0. The second-order valence-corrected chi connectivity index (χ2v) is 6.34. The van der Waals surface area contributed by atoms with Crippen molar-refractivity contribution < 1.29 is 9.13 Å². The van der Waals surface area contributed by atoms with Crippen LogP contribution < -0.4 is 5.32 Å². The molecule has 3 atom stereocenters. The summed E-state index contributed by atoms with van der Waals surface area (Å²) in [6.45, 7) is 0.0981. The third kappa shape index (κ3) is 3.61. The topological polar surface area (TPSA) is 75.7 Å². The standard InChI is InChI=1S/C18H20FN5O/c19-16(12-4-2-1-3-5-12)10-25-14-7-6-13(8-14)23-17-15-9-22-24-18(15)21-11-20-17/h1-5,9,11,13-14,16H,6-8,10H2,(H2,20,21,22,23,24)/t13?,14-,16?/m1/s1. The van der Waals surface area contributed by atoms with Crippen molar-refractivity contribution in [2.75, 3.05) is 11.9 Å². The largest absolute Gasteiger partial charge is 0.375 e. The number of anilines is 1. The number of H-pyrrole nitrogens is 1. The number of benzene rings is 1. The number of aromatic nitrogens is 4. The maximum Gasteiger partial charge on any atom is 0.160 e. The van der Waals surface area contributed by atoms with Crippen molar-refractivity contribution in [3.63, 3.8) is 0 Å². The lowest BCUT2D eigenvalue weighted by Gasteiger charge is -2.16. The summed E-state index contributed by atoms with van der Waals surface area (Å²) in [5, 5.41) is 11.1. The van der Waals surface area contributed by atoms with E-state index in [0.29, 0.717) is 11.2 Å². The maximum atomic E-state index is 14.2. The van der Waals surface area contributed by atoms with Crippen LogP contribution >= 0.6 is 0 Å². The first-order chi connectivity index (χ1) is 12.3. The lowest BCUT2D eigenvalue weighted by Crippen LogP contribution is -2.19. The highest BCUT2D eigenvalue weighted by Gasteiger charge is 2.27. The zero-order chi connectivity index (χ0) is 17.1. The SMILES string of the molecule is FC(CO[C@@H]1CCC(Nc2ncnc3[nH]ncc23)C1)c1ccccc1. The highest BCUT2D eigenvalue weighted by molar-refractivity contribution is 5.85. The van der Waals surface area contributed by atoms with Crippen molar-refractivity contribution in [3.8, 4) is 0 Å². The molecule has 25 heavy (non-hydrogen) atoms. The summed E-state index contributed by atoms with van der Waals surface area (Å²) in [5.74, 6) is 0.775. The van der Waals surface area contributed by atoms with Crippen LogP contribution in [0.3, 0.4) is 0 Å². The molecular formula is C18H20FN5O. The number of halogens is 1. The van der Waals surface area contributed by atoms with Gasteiger partial charge in [0.05, 0.1) is 24.3 Å². The van der Waals surface area contributed by atoms with Crippen LogP contribution in [0.5, 0.6) is 0 Å². The van der Waals surface area contributed by atoms with Crippen molar-refractivity contribution in [3.05, 3.63) is 48.4 Å². The molecule has 0 aliphatic heterocycles. The number of aromatic amines is 1. The third-order valence-electron chi connectivity index (χ3n) is 4.61. The van der Waals surface area contributed by atoms with E-state index < -0.39 is 6.17 Å². The van der Waals surface area contributed by atoms with Crippen LogP contribution in [-0.2, 0) is 4.74 Å². The molecule has 0 amide bonds. The lowest BCUT2D eigenvalue weighted by molar-refractivity contribution is 0.0217. The molecule has 1 aliphatic rings. The van der Waals surface area contributed by atoms with Gasteiger partial charge in [-0.2, -0.15) is 5.10 Å². The number of hydrogen-bond acceptors (Lipinski definition) is 5. The zero-order valence-corrected chi connectivity index (χ0v) is 13.7. The highest BCUT2D eigenvalue weighted by atomic mass is 19.1. The van der Waals surface area contributed by atoms with E-state index in [2.05, 4.69) is 25.5 Å². The molecule has 2 unspecified atom stereocenters. The Labute approximate surface area is 144 Å². The van der Waals surface area contributed by atoms with Crippen LogP contribution in [-0.4, -0.2) is 38.9 Å². The number of alkyl halides is 1. The fourth-order valence-corrected chi connectivity index (χ4v) is 3.27. The van der Waals surface area contributed by atoms with E-state index in [1.807, 2.05) is 18.2 Å². The van der Waals surface area contributed by atoms with Crippen LogP contribution in [0, 0.1) is 0 Å². The summed E-state index contributed by atoms with van der Waals surface area (Å²) >= 11 is 0. The summed E-state index contributed by atoms with van der Waals surface area (Å²) in [7, 11) is 0. The monoisotopic (exact) mass is 341 g/mol. The van der Waals surface area contributed by atoms with Gasteiger partial charge in [0.2, 0.25) is 0 Å². The van der Waals surface area contributed by atoms with Gasteiger partial charge in [0.15, 0.2) is 5.65 Å². The molecule has 1 fully saturated rings. The third-order valence-corrected chi connectivity index (χ3v) is 4.61. The molecule has 1 aromatic carbocycles. The fraction of sp³-hybridized carbons (Fsp3) is 0.389. The first-order valence-electron chi connectivity index (χ1n) is 8.51. The Hall–Kier alpha value is -2.54. The molecule has 6 nitrogen and oxygen atoms in total. The summed E-state index contributed by atoms with van der Waals surface area (Å²) < 4.78 is 20.0. The van der Waals surface area contributed by atoms with E-state index >= 15 is 0 Å².